The van der Waals surface area contributed by atoms with E-state index in [4.69, 9.17) is 4.98 Å². The lowest BCUT2D eigenvalue weighted by Crippen LogP contribution is -2.57. The van der Waals surface area contributed by atoms with Crippen LogP contribution in [0.5, 0.6) is 0 Å². The zero-order valence-corrected chi connectivity index (χ0v) is 22.0. The van der Waals surface area contributed by atoms with Crippen molar-refractivity contribution in [1.82, 2.24) is 14.5 Å². The molecule has 0 saturated carbocycles. The van der Waals surface area contributed by atoms with E-state index in [-0.39, 0.29) is 29.3 Å². The van der Waals surface area contributed by atoms with Crippen molar-refractivity contribution in [2.24, 2.45) is 5.41 Å². The second-order valence-corrected chi connectivity index (χ2v) is 10.6. The number of non-ortho nitro benzene ring substituents is 1. The number of hydrogen-bond donors (Lipinski definition) is 0. The van der Waals surface area contributed by atoms with E-state index in [1.165, 1.54) is 22.8 Å². The summed E-state index contributed by atoms with van der Waals surface area (Å²) < 4.78 is 1.34. The number of nitriles is 2. The average Bonchev–Trinajstić information content (AvgIpc) is 3.51. The monoisotopic (exact) mass is 543 g/mol. The zero-order valence-electron chi connectivity index (χ0n) is 22.0. The predicted octanol–water partition coefficient (Wildman–Crippen LogP) is 3.13. The van der Waals surface area contributed by atoms with Crippen LogP contribution in [0.25, 0.3) is 16.6 Å². The van der Waals surface area contributed by atoms with Gasteiger partial charge in [-0.3, -0.25) is 29.2 Å². The molecule has 0 aliphatic carbocycles. The van der Waals surface area contributed by atoms with Gasteiger partial charge < -0.3 is 4.90 Å². The van der Waals surface area contributed by atoms with E-state index < -0.39 is 32.8 Å². The highest BCUT2D eigenvalue weighted by Gasteiger charge is 2.81. The second kappa shape index (κ2) is 7.84. The first-order valence-corrected chi connectivity index (χ1v) is 13.0. The first-order chi connectivity index (χ1) is 19.7. The summed E-state index contributed by atoms with van der Waals surface area (Å²) in [6.45, 7) is 2.06. The van der Waals surface area contributed by atoms with Gasteiger partial charge in [0.25, 0.3) is 11.2 Å². The van der Waals surface area contributed by atoms with Gasteiger partial charge in [0.1, 0.15) is 16.8 Å². The van der Waals surface area contributed by atoms with Crippen LogP contribution in [0, 0.1) is 38.2 Å². The number of nitrogens with zero attached hydrogens (tertiary/aromatic N) is 7. The van der Waals surface area contributed by atoms with Gasteiger partial charge in [0, 0.05) is 36.5 Å². The molecule has 2 spiro atoms. The molecule has 2 atom stereocenters. The lowest BCUT2D eigenvalue weighted by Gasteiger charge is -2.41. The Morgan fingerprint density at radius 3 is 2.41 bits per heavy atom. The van der Waals surface area contributed by atoms with Crippen molar-refractivity contribution in [3.8, 4) is 17.8 Å². The van der Waals surface area contributed by atoms with E-state index in [0.717, 1.165) is 0 Å². The molecule has 3 aliphatic heterocycles. The van der Waals surface area contributed by atoms with Gasteiger partial charge in [-0.2, -0.15) is 10.5 Å². The molecule has 0 bridgehead atoms. The number of nitro benzene ring substituents is 1. The molecule has 1 saturated heterocycles. The van der Waals surface area contributed by atoms with E-state index in [0.29, 0.717) is 28.7 Å². The van der Waals surface area contributed by atoms with Crippen LogP contribution in [-0.4, -0.2) is 45.4 Å². The predicted molar refractivity (Wildman–Crippen MR) is 147 cm³/mol. The van der Waals surface area contributed by atoms with Gasteiger partial charge >= 0.3 is 0 Å². The number of aromatic nitrogens is 2. The number of carbonyl (C=O) groups is 1. The third kappa shape index (κ3) is 2.45. The molecule has 1 amide bonds. The molecule has 4 heterocycles. The number of hydrogen-bond acceptors (Lipinski definition) is 8. The SMILES string of the molecule is CCN1C(=O)[C@@]2(CN(C)C3(c4cc([N+](=O)[O-])ccc4-n4c3nc3ccccc3c4=O)C2(C#N)C#N)c2ccccc21. The molecule has 41 heavy (non-hydrogen) atoms. The van der Waals surface area contributed by atoms with Gasteiger partial charge in [0.05, 0.1) is 33.7 Å². The number of rotatable bonds is 2. The summed E-state index contributed by atoms with van der Waals surface area (Å²) in [5.41, 5.74) is -4.45. The first kappa shape index (κ1) is 24.6. The van der Waals surface area contributed by atoms with Gasteiger partial charge in [0.15, 0.2) is 5.41 Å². The molecule has 1 fully saturated rings. The molecule has 4 aromatic rings. The summed E-state index contributed by atoms with van der Waals surface area (Å²) in [7, 11) is 1.67. The highest BCUT2D eigenvalue weighted by Crippen LogP contribution is 2.68. The Kier molecular flexibility index (Phi) is 4.71. The number of likely N-dealkylation sites (N-methyl/N-ethyl adjacent to an activating group) is 2. The molecular weight excluding hydrogens is 522 g/mol. The summed E-state index contributed by atoms with van der Waals surface area (Å²) in [5.74, 6) is -0.346. The standard InChI is InChI=1S/C30H21N7O4/c1-3-35-23-11-7-5-9-20(23)29(27(35)39)17-34(2)30(28(29,15-31)16-32)21-14-18(37(40)41)12-13-24(21)36-25(38)19-8-4-6-10-22(19)33-26(30)36/h4-14H,3,17H2,1-2H3/t29-,30?/m1/s1. The van der Waals surface area contributed by atoms with Crippen LogP contribution in [-0.2, 0) is 15.7 Å². The highest BCUT2D eigenvalue weighted by atomic mass is 16.6. The Morgan fingerprint density at radius 2 is 1.71 bits per heavy atom. The van der Waals surface area contributed by atoms with E-state index in [9.17, 15) is 30.2 Å². The number of carbonyl (C=O) groups excluding carboxylic acids is 1. The number of fused-ring (bicyclic) bond motifs is 8. The first-order valence-electron chi connectivity index (χ1n) is 13.0. The van der Waals surface area contributed by atoms with Crippen LogP contribution in [0.3, 0.4) is 0 Å². The molecular formula is C30H21N7O4. The number of para-hydroxylation sites is 2. The van der Waals surface area contributed by atoms with Crippen molar-refractivity contribution in [2.75, 3.05) is 25.0 Å². The van der Waals surface area contributed by atoms with Crippen molar-refractivity contribution in [2.45, 2.75) is 17.9 Å². The molecule has 0 radical (unpaired) electrons. The minimum Gasteiger partial charge on any atom is -0.311 e. The molecule has 1 unspecified atom stereocenters. The van der Waals surface area contributed by atoms with Crippen molar-refractivity contribution >= 4 is 28.2 Å². The van der Waals surface area contributed by atoms with Crippen LogP contribution in [0.2, 0.25) is 0 Å². The van der Waals surface area contributed by atoms with Crippen LogP contribution < -0.4 is 10.5 Å². The van der Waals surface area contributed by atoms with E-state index in [1.807, 2.05) is 6.92 Å². The second-order valence-electron chi connectivity index (χ2n) is 10.6. The third-order valence-electron chi connectivity index (χ3n) is 9.07. The van der Waals surface area contributed by atoms with Gasteiger partial charge in [0.2, 0.25) is 5.91 Å². The van der Waals surface area contributed by atoms with Crippen molar-refractivity contribution in [3.63, 3.8) is 0 Å². The van der Waals surface area contributed by atoms with E-state index >= 15 is 0 Å². The van der Waals surface area contributed by atoms with Crippen molar-refractivity contribution in [3.05, 3.63) is 104 Å². The summed E-state index contributed by atoms with van der Waals surface area (Å²) in [5, 5.41) is 34.7. The number of benzene rings is 3. The topological polar surface area (TPSA) is 149 Å². The Morgan fingerprint density at radius 1 is 1.00 bits per heavy atom. The Bertz CT molecular complexity index is 2010. The Labute approximate surface area is 233 Å². The Hall–Kier alpha value is -5.39. The van der Waals surface area contributed by atoms with Gasteiger partial charge in [-0.1, -0.05) is 30.3 Å². The Balaban J connectivity index is 1.70. The van der Waals surface area contributed by atoms with E-state index in [2.05, 4.69) is 12.1 Å². The number of nitro groups is 1. The largest absolute Gasteiger partial charge is 0.311 e. The third-order valence-corrected chi connectivity index (χ3v) is 9.07. The van der Waals surface area contributed by atoms with Crippen molar-refractivity contribution in [1.29, 1.82) is 10.5 Å². The highest BCUT2D eigenvalue weighted by molar-refractivity contribution is 6.10. The normalized spacial score (nSPS) is 23.4. The van der Waals surface area contributed by atoms with Crippen LogP contribution in [0.1, 0.15) is 23.9 Å². The fourth-order valence-electron chi connectivity index (χ4n) is 7.51. The molecule has 7 rings (SSSR count). The smallest absolute Gasteiger partial charge is 0.269 e. The molecule has 200 valence electrons. The summed E-state index contributed by atoms with van der Waals surface area (Å²) in [4.78, 5) is 48.1. The molecule has 0 N–H and O–H groups in total. The molecule has 11 heteroatoms. The summed E-state index contributed by atoms with van der Waals surface area (Å²) in [6.07, 6.45) is 0. The fraction of sp³-hybridized carbons (Fsp3) is 0.233. The minimum atomic E-state index is -2.18. The average molecular weight is 544 g/mol. The maximum atomic E-state index is 14.5. The molecule has 11 nitrogen and oxygen atoms in total. The lowest BCUT2D eigenvalue weighted by atomic mass is 9.55. The zero-order chi connectivity index (χ0) is 28.9. The minimum absolute atomic E-state index is 0.0642. The van der Waals surface area contributed by atoms with Crippen molar-refractivity contribution < 1.29 is 9.72 Å². The van der Waals surface area contributed by atoms with Crippen LogP contribution in [0.4, 0.5) is 11.4 Å². The molecule has 3 aromatic carbocycles. The molecule has 1 aromatic heterocycles. The van der Waals surface area contributed by atoms with Crippen LogP contribution >= 0.6 is 0 Å². The maximum Gasteiger partial charge on any atom is 0.269 e. The van der Waals surface area contributed by atoms with Gasteiger partial charge in [-0.05, 0) is 43.8 Å². The summed E-state index contributed by atoms with van der Waals surface area (Å²) in [6, 6.07) is 22.4. The lowest BCUT2D eigenvalue weighted by molar-refractivity contribution is -0.385. The summed E-state index contributed by atoms with van der Waals surface area (Å²) >= 11 is 0. The maximum absolute atomic E-state index is 14.5. The number of amides is 1. The quantitative estimate of drug-likeness (QED) is 0.276. The van der Waals surface area contributed by atoms with Crippen LogP contribution in [0.15, 0.2) is 71.5 Å². The molecule has 3 aliphatic rings. The van der Waals surface area contributed by atoms with Gasteiger partial charge in [-0.25, -0.2) is 4.98 Å². The number of anilines is 1. The van der Waals surface area contributed by atoms with Gasteiger partial charge in [-0.15, -0.1) is 0 Å². The fourth-order valence-corrected chi connectivity index (χ4v) is 7.51. The number of likely N-dealkylation sites (tertiary alicyclic amines) is 1. The van der Waals surface area contributed by atoms with E-state index in [1.54, 1.807) is 65.4 Å².